The topological polar surface area (TPSA) is 55.5 Å². The van der Waals surface area contributed by atoms with E-state index in [1.807, 2.05) is 0 Å². The van der Waals surface area contributed by atoms with Crippen LogP contribution in [0.5, 0.6) is 11.5 Å². The number of benzene rings is 1. The monoisotopic (exact) mass is 165 g/mol. The number of anilines is 1. The van der Waals surface area contributed by atoms with Crippen LogP contribution in [0, 0.1) is 0 Å². The number of nitrogens with two attached hydrogens (primary N) is 1. The lowest BCUT2D eigenvalue weighted by atomic mass is 10.3. The van der Waals surface area contributed by atoms with Crippen LogP contribution in [0.3, 0.4) is 0 Å². The first-order valence-electron chi connectivity index (χ1n) is 3.56. The molecule has 12 heavy (non-hydrogen) atoms. The third-order valence-corrected chi connectivity index (χ3v) is 1.34. The van der Waals surface area contributed by atoms with Gasteiger partial charge >= 0.3 is 0 Å². The molecule has 0 aliphatic heterocycles. The average Bonchev–Trinajstić information content (AvgIpc) is 2.07. The summed E-state index contributed by atoms with van der Waals surface area (Å²) >= 11 is 0. The van der Waals surface area contributed by atoms with Gasteiger partial charge in [0.1, 0.15) is 6.61 Å². The molecule has 0 saturated carbocycles. The number of rotatable bonds is 3. The van der Waals surface area contributed by atoms with Crippen molar-refractivity contribution in [3.05, 3.63) is 30.9 Å². The zero-order valence-electron chi connectivity index (χ0n) is 6.66. The molecule has 0 radical (unpaired) electrons. The molecule has 0 aliphatic carbocycles. The summed E-state index contributed by atoms with van der Waals surface area (Å²) < 4.78 is 5.12. The predicted molar refractivity (Wildman–Crippen MR) is 48.2 cm³/mol. The van der Waals surface area contributed by atoms with Crippen molar-refractivity contribution in [1.82, 2.24) is 0 Å². The third-order valence-electron chi connectivity index (χ3n) is 1.34. The van der Waals surface area contributed by atoms with Crippen molar-refractivity contribution >= 4 is 5.69 Å². The maximum Gasteiger partial charge on any atom is 0.163 e. The second-order valence-electron chi connectivity index (χ2n) is 2.33. The van der Waals surface area contributed by atoms with Gasteiger partial charge in [0.05, 0.1) is 0 Å². The van der Waals surface area contributed by atoms with Crippen LogP contribution < -0.4 is 10.5 Å². The Morgan fingerprint density at radius 1 is 1.58 bits per heavy atom. The number of ether oxygens (including phenoxy) is 1. The van der Waals surface area contributed by atoms with Crippen LogP contribution in [0.4, 0.5) is 5.69 Å². The van der Waals surface area contributed by atoms with Crippen molar-refractivity contribution in [2.75, 3.05) is 12.3 Å². The van der Waals surface area contributed by atoms with Crippen LogP contribution in [-0.4, -0.2) is 11.7 Å². The minimum absolute atomic E-state index is 0.0889. The highest BCUT2D eigenvalue weighted by molar-refractivity contribution is 5.51. The van der Waals surface area contributed by atoms with E-state index in [0.717, 1.165) is 0 Å². The van der Waals surface area contributed by atoms with Gasteiger partial charge in [0.2, 0.25) is 0 Å². The van der Waals surface area contributed by atoms with E-state index in [4.69, 9.17) is 10.5 Å². The van der Waals surface area contributed by atoms with E-state index in [-0.39, 0.29) is 5.75 Å². The van der Waals surface area contributed by atoms with Crippen molar-refractivity contribution < 1.29 is 9.84 Å². The van der Waals surface area contributed by atoms with Crippen LogP contribution in [0.15, 0.2) is 30.9 Å². The number of aromatic hydroxyl groups is 1. The standard InChI is InChI=1S/C9H11NO2/c1-2-5-12-9-6-7(10)3-4-8(9)11/h2-4,6,11H,1,5,10H2. The fourth-order valence-electron chi connectivity index (χ4n) is 0.795. The lowest BCUT2D eigenvalue weighted by molar-refractivity contribution is 0.336. The van der Waals surface area contributed by atoms with Crippen LogP contribution >= 0.6 is 0 Å². The number of nitrogen functional groups attached to an aromatic ring is 1. The Balaban J connectivity index is 2.82. The van der Waals surface area contributed by atoms with Gasteiger partial charge in [-0.2, -0.15) is 0 Å². The highest BCUT2D eigenvalue weighted by atomic mass is 16.5. The van der Waals surface area contributed by atoms with Gasteiger partial charge in [0, 0.05) is 11.8 Å². The van der Waals surface area contributed by atoms with E-state index >= 15 is 0 Å². The van der Waals surface area contributed by atoms with E-state index in [2.05, 4.69) is 6.58 Å². The third kappa shape index (κ3) is 1.92. The Hall–Kier alpha value is -1.64. The Bertz CT molecular complexity index is 284. The molecule has 0 fully saturated rings. The molecular formula is C9H11NO2. The van der Waals surface area contributed by atoms with E-state index < -0.39 is 0 Å². The van der Waals surface area contributed by atoms with Gasteiger partial charge in [-0.25, -0.2) is 0 Å². The summed E-state index contributed by atoms with van der Waals surface area (Å²) in [6.07, 6.45) is 1.60. The Labute approximate surface area is 71.1 Å². The minimum atomic E-state index is 0.0889. The number of hydrogen-bond donors (Lipinski definition) is 2. The van der Waals surface area contributed by atoms with Gasteiger partial charge < -0.3 is 15.6 Å². The van der Waals surface area contributed by atoms with E-state index in [1.54, 1.807) is 18.2 Å². The molecule has 0 aliphatic rings. The Kier molecular flexibility index (Phi) is 2.58. The van der Waals surface area contributed by atoms with Gasteiger partial charge in [-0.3, -0.25) is 0 Å². The number of phenols is 1. The lowest BCUT2D eigenvalue weighted by Crippen LogP contribution is -1.94. The maximum absolute atomic E-state index is 9.25. The van der Waals surface area contributed by atoms with E-state index in [9.17, 15) is 5.11 Å². The minimum Gasteiger partial charge on any atom is -0.504 e. The van der Waals surface area contributed by atoms with Crippen molar-refractivity contribution in [2.24, 2.45) is 0 Å². The van der Waals surface area contributed by atoms with Crippen LogP contribution in [0.1, 0.15) is 0 Å². The molecule has 0 aromatic heterocycles. The molecular weight excluding hydrogens is 154 g/mol. The highest BCUT2D eigenvalue weighted by Gasteiger charge is 2.00. The predicted octanol–water partition coefficient (Wildman–Crippen LogP) is 1.54. The molecule has 64 valence electrons. The fourth-order valence-corrected chi connectivity index (χ4v) is 0.795. The van der Waals surface area contributed by atoms with Crippen molar-refractivity contribution in [3.8, 4) is 11.5 Å². The summed E-state index contributed by atoms with van der Waals surface area (Å²) in [4.78, 5) is 0. The summed E-state index contributed by atoms with van der Waals surface area (Å²) in [6.45, 7) is 3.85. The van der Waals surface area contributed by atoms with Gasteiger partial charge in [-0.15, -0.1) is 0 Å². The van der Waals surface area contributed by atoms with Gasteiger partial charge in [0.15, 0.2) is 11.5 Å². The molecule has 0 atom stereocenters. The molecule has 0 unspecified atom stereocenters. The molecule has 3 N–H and O–H groups in total. The zero-order chi connectivity index (χ0) is 8.97. The SMILES string of the molecule is C=CCOc1cc(N)ccc1O. The summed E-state index contributed by atoms with van der Waals surface area (Å²) in [5, 5.41) is 9.25. The Morgan fingerprint density at radius 3 is 3.00 bits per heavy atom. The molecule has 1 aromatic carbocycles. The first-order chi connectivity index (χ1) is 5.74. The summed E-state index contributed by atoms with van der Waals surface area (Å²) in [5.74, 6) is 0.473. The summed E-state index contributed by atoms with van der Waals surface area (Å²) in [6, 6.07) is 4.67. The van der Waals surface area contributed by atoms with Gasteiger partial charge in [0.25, 0.3) is 0 Å². The molecule has 0 saturated heterocycles. The molecule has 0 heterocycles. The summed E-state index contributed by atoms with van der Waals surface area (Å²) in [7, 11) is 0. The molecule has 0 amide bonds. The van der Waals surface area contributed by atoms with E-state index in [1.165, 1.54) is 6.07 Å². The van der Waals surface area contributed by atoms with E-state index in [0.29, 0.717) is 18.0 Å². The molecule has 0 bridgehead atoms. The van der Waals surface area contributed by atoms with Crippen LogP contribution in [-0.2, 0) is 0 Å². The van der Waals surface area contributed by atoms with Crippen LogP contribution in [0.2, 0.25) is 0 Å². The smallest absolute Gasteiger partial charge is 0.163 e. The molecule has 1 rings (SSSR count). The second-order valence-corrected chi connectivity index (χ2v) is 2.33. The average molecular weight is 165 g/mol. The van der Waals surface area contributed by atoms with Gasteiger partial charge in [-0.05, 0) is 12.1 Å². The molecule has 3 heteroatoms. The first kappa shape index (κ1) is 8.46. The van der Waals surface area contributed by atoms with Crippen molar-refractivity contribution in [1.29, 1.82) is 0 Å². The molecule has 3 nitrogen and oxygen atoms in total. The normalized spacial score (nSPS) is 9.33. The number of phenolic OH excluding ortho intramolecular Hbond substituents is 1. The van der Waals surface area contributed by atoms with Crippen LogP contribution in [0.25, 0.3) is 0 Å². The Morgan fingerprint density at radius 2 is 2.33 bits per heavy atom. The summed E-state index contributed by atoms with van der Waals surface area (Å²) in [5.41, 5.74) is 6.04. The quantitative estimate of drug-likeness (QED) is 0.406. The highest BCUT2D eigenvalue weighted by Crippen LogP contribution is 2.27. The molecule has 0 spiro atoms. The second kappa shape index (κ2) is 3.67. The maximum atomic E-state index is 9.25. The van der Waals surface area contributed by atoms with Crippen molar-refractivity contribution in [3.63, 3.8) is 0 Å². The zero-order valence-corrected chi connectivity index (χ0v) is 6.66. The fraction of sp³-hybridized carbons (Fsp3) is 0.111. The first-order valence-corrected chi connectivity index (χ1v) is 3.56. The lowest BCUT2D eigenvalue weighted by Gasteiger charge is -2.05. The van der Waals surface area contributed by atoms with Crippen molar-refractivity contribution in [2.45, 2.75) is 0 Å². The number of hydrogen-bond acceptors (Lipinski definition) is 3. The molecule has 1 aromatic rings. The largest absolute Gasteiger partial charge is 0.504 e. The van der Waals surface area contributed by atoms with Gasteiger partial charge in [-0.1, -0.05) is 12.7 Å².